The number of aliphatic hydroxyl groups excluding tert-OH is 1. The van der Waals surface area contributed by atoms with Gasteiger partial charge in [0.1, 0.15) is 5.75 Å². The molecule has 30 heavy (non-hydrogen) atoms. The second-order valence-corrected chi connectivity index (χ2v) is 7.10. The van der Waals surface area contributed by atoms with Crippen molar-refractivity contribution >= 4 is 27.5 Å². The van der Waals surface area contributed by atoms with Crippen molar-refractivity contribution in [1.29, 1.82) is 5.26 Å². The molecule has 4 rings (SSSR count). The van der Waals surface area contributed by atoms with E-state index in [1.165, 1.54) is 0 Å². The standard InChI is InChI=1S/C25H21N3O2/c1-3-17-7-9-24-22(11-17)23-12-18(14-26)8-10-25(23)28(24)16-20(29)15-27-19-5-4-6-21(13-19)30-2/h1,4-13,20,27,29H,15-16H2,2H3. The Morgan fingerprint density at radius 1 is 1.07 bits per heavy atom. The fourth-order valence-corrected chi connectivity index (χ4v) is 3.70. The van der Waals surface area contributed by atoms with Gasteiger partial charge in [-0.1, -0.05) is 12.0 Å². The Bertz CT molecular complexity index is 1240. The van der Waals surface area contributed by atoms with E-state index < -0.39 is 6.10 Å². The molecule has 148 valence electrons. The maximum Gasteiger partial charge on any atom is 0.120 e. The number of hydrogen-bond donors (Lipinski definition) is 2. The third-order valence-corrected chi connectivity index (χ3v) is 5.17. The van der Waals surface area contributed by atoms with Crippen molar-refractivity contribution in [3.05, 3.63) is 71.8 Å². The lowest BCUT2D eigenvalue weighted by atomic mass is 10.1. The number of rotatable bonds is 6. The monoisotopic (exact) mass is 395 g/mol. The lowest BCUT2D eigenvalue weighted by molar-refractivity contribution is 0.169. The molecule has 1 atom stereocenters. The van der Waals surface area contributed by atoms with E-state index in [1.54, 1.807) is 13.2 Å². The molecule has 2 N–H and O–H groups in total. The van der Waals surface area contributed by atoms with Crippen LogP contribution in [0.25, 0.3) is 21.8 Å². The van der Waals surface area contributed by atoms with Gasteiger partial charge in [-0.2, -0.15) is 5.26 Å². The Morgan fingerprint density at radius 2 is 1.77 bits per heavy atom. The van der Waals surface area contributed by atoms with Gasteiger partial charge >= 0.3 is 0 Å². The van der Waals surface area contributed by atoms with Gasteiger partial charge in [0.15, 0.2) is 0 Å². The zero-order valence-corrected chi connectivity index (χ0v) is 16.6. The Labute approximate surface area is 175 Å². The molecular formula is C25H21N3O2. The van der Waals surface area contributed by atoms with Crippen molar-refractivity contribution < 1.29 is 9.84 Å². The lowest BCUT2D eigenvalue weighted by Gasteiger charge is -2.16. The molecule has 0 aliphatic rings. The minimum Gasteiger partial charge on any atom is -0.497 e. The number of terminal acetylenes is 1. The molecule has 3 aromatic carbocycles. The van der Waals surface area contributed by atoms with Crippen LogP contribution in [-0.4, -0.2) is 29.4 Å². The summed E-state index contributed by atoms with van der Waals surface area (Å²) in [7, 11) is 1.62. The highest BCUT2D eigenvalue weighted by atomic mass is 16.5. The summed E-state index contributed by atoms with van der Waals surface area (Å²) < 4.78 is 7.31. The molecule has 0 spiro atoms. The van der Waals surface area contributed by atoms with Crippen LogP contribution < -0.4 is 10.1 Å². The molecule has 0 saturated heterocycles. The molecule has 1 heterocycles. The molecular weight excluding hydrogens is 374 g/mol. The first-order chi connectivity index (χ1) is 14.6. The van der Waals surface area contributed by atoms with Crippen LogP contribution in [0, 0.1) is 23.7 Å². The minimum atomic E-state index is -0.627. The van der Waals surface area contributed by atoms with E-state index in [9.17, 15) is 10.4 Å². The number of aromatic nitrogens is 1. The van der Waals surface area contributed by atoms with E-state index in [0.29, 0.717) is 18.7 Å². The van der Waals surface area contributed by atoms with E-state index in [4.69, 9.17) is 11.2 Å². The van der Waals surface area contributed by atoms with Crippen LogP contribution in [0.15, 0.2) is 60.7 Å². The SMILES string of the molecule is C#Cc1ccc2c(c1)c1cc(C#N)ccc1n2CC(O)CNc1cccc(OC)c1. The van der Waals surface area contributed by atoms with E-state index in [1.807, 2.05) is 54.6 Å². The number of aliphatic hydroxyl groups is 1. The van der Waals surface area contributed by atoms with Crippen LogP contribution in [0.5, 0.6) is 5.75 Å². The molecule has 1 aromatic heterocycles. The minimum absolute atomic E-state index is 0.382. The quantitative estimate of drug-likeness (QED) is 0.482. The molecule has 0 radical (unpaired) electrons. The molecule has 5 nitrogen and oxygen atoms in total. The van der Waals surface area contributed by atoms with Gasteiger partial charge in [0.25, 0.3) is 0 Å². The Balaban J connectivity index is 1.65. The molecule has 1 unspecified atom stereocenters. The van der Waals surface area contributed by atoms with Gasteiger partial charge in [-0.15, -0.1) is 6.42 Å². The molecule has 0 saturated carbocycles. The molecule has 0 fully saturated rings. The van der Waals surface area contributed by atoms with Gasteiger partial charge < -0.3 is 19.7 Å². The molecule has 0 amide bonds. The van der Waals surface area contributed by atoms with Gasteiger partial charge in [-0.05, 0) is 48.5 Å². The summed E-state index contributed by atoms with van der Waals surface area (Å²) in [6.07, 6.45) is 4.95. The largest absolute Gasteiger partial charge is 0.497 e. The first-order valence-corrected chi connectivity index (χ1v) is 9.61. The first kappa shape index (κ1) is 19.4. The van der Waals surface area contributed by atoms with Gasteiger partial charge in [-0.25, -0.2) is 0 Å². The number of benzene rings is 3. The van der Waals surface area contributed by atoms with Crippen LogP contribution in [0.1, 0.15) is 11.1 Å². The summed E-state index contributed by atoms with van der Waals surface area (Å²) in [5.41, 5.74) is 4.18. The highest BCUT2D eigenvalue weighted by Crippen LogP contribution is 2.31. The molecule has 0 bridgehead atoms. The van der Waals surface area contributed by atoms with Crippen LogP contribution in [0.3, 0.4) is 0 Å². The van der Waals surface area contributed by atoms with Crippen LogP contribution >= 0.6 is 0 Å². The van der Waals surface area contributed by atoms with Crippen LogP contribution in [0.2, 0.25) is 0 Å². The average Bonchev–Trinajstić information content (AvgIpc) is 3.09. The fraction of sp³-hybridized carbons (Fsp3) is 0.160. The van der Waals surface area contributed by atoms with Crippen LogP contribution in [-0.2, 0) is 6.54 Å². The summed E-state index contributed by atoms with van der Waals surface area (Å²) >= 11 is 0. The second-order valence-electron chi connectivity index (χ2n) is 7.10. The summed E-state index contributed by atoms with van der Waals surface area (Å²) in [6.45, 7) is 0.783. The highest BCUT2D eigenvalue weighted by Gasteiger charge is 2.15. The first-order valence-electron chi connectivity index (χ1n) is 9.61. The third kappa shape index (κ3) is 3.67. The Hall–Kier alpha value is -3.93. The van der Waals surface area contributed by atoms with Crippen molar-refractivity contribution in [3.63, 3.8) is 0 Å². The zero-order chi connectivity index (χ0) is 21.1. The number of nitrogens with zero attached hydrogens (tertiary/aromatic N) is 2. The zero-order valence-electron chi connectivity index (χ0n) is 16.6. The summed E-state index contributed by atoms with van der Waals surface area (Å²) in [5.74, 6) is 3.43. The number of hydrogen-bond acceptors (Lipinski definition) is 4. The smallest absolute Gasteiger partial charge is 0.120 e. The number of methoxy groups -OCH3 is 1. The van der Waals surface area contributed by atoms with Gasteiger partial charge in [-0.3, -0.25) is 0 Å². The molecule has 4 aromatic rings. The summed E-state index contributed by atoms with van der Waals surface area (Å²) in [4.78, 5) is 0. The maximum absolute atomic E-state index is 10.7. The Morgan fingerprint density at radius 3 is 2.43 bits per heavy atom. The number of nitriles is 1. The van der Waals surface area contributed by atoms with E-state index >= 15 is 0 Å². The van der Waals surface area contributed by atoms with Crippen molar-refractivity contribution in [2.75, 3.05) is 19.0 Å². The van der Waals surface area contributed by atoms with E-state index in [-0.39, 0.29) is 0 Å². The molecule has 5 heteroatoms. The number of fused-ring (bicyclic) bond motifs is 3. The average molecular weight is 395 g/mol. The van der Waals surface area contributed by atoms with Crippen molar-refractivity contribution in [3.8, 4) is 24.2 Å². The molecule has 0 aliphatic carbocycles. The van der Waals surface area contributed by atoms with Gasteiger partial charge in [0.2, 0.25) is 0 Å². The normalized spacial score (nSPS) is 11.7. The molecule has 0 aliphatic heterocycles. The Kier molecular flexibility index (Phi) is 5.30. The highest BCUT2D eigenvalue weighted by molar-refractivity contribution is 6.08. The number of ether oxygens (including phenoxy) is 1. The summed E-state index contributed by atoms with van der Waals surface area (Å²) in [6, 6.07) is 21.2. The number of nitrogens with one attached hydrogen (secondary N) is 1. The van der Waals surface area contributed by atoms with Crippen molar-refractivity contribution in [2.45, 2.75) is 12.6 Å². The second kappa shape index (κ2) is 8.21. The predicted molar refractivity (Wildman–Crippen MR) is 120 cm³/mol. The van der Waals surface area contributed by atoms with Gasteiger partial charge in [0.05, 0.1) is 31.4 Å². The van der Waals surface area contributed by atoms with Crippen molar-refractivity contribution in [2.24, 2.45) is 0 Å². The fourth-order valence-electron chi connectivity index (χ4n) is 3.70. The van der Waals surface area contributed by atoms with E-state index in [0.717, 1.165) is 38.8 Å². The topological polar surface area (TPSA) is 70.2 Å². The summed E-state index contributed by atoms with van der Waals surface area (Å²) in [5, 5.41) is 25.2. The van der Waals surface area contributed by atoms with Gasteiger partial charge in [0, 0.05) is 45.7 Å². The maximum atomic E-state index is 10.7. The predicted octanol–water partition coefficient (Wildman–Crippen LogP) is 4.13. The number of anilines is 1. The van der Waals surface area contributed by atoms with E-state index in [2.05, 4.69) is 21.9 Å². The van der Waals surface area contributed by atoms with Crippen LogP contribution in [0.4, 0.5) is 5.69 Å². The van der Waals surface area contributed by atoms with Crippen molar-refractivity contribution in [1.82, 2.24) is 4.57 Å². The third-order valence-electron chi connectivity index (χ3n) is 5.17. The lowest BCUT2D eigenvalue weighted by Crippen LogP contribution is -2.24.